The van der Waals surface area contributed by atoms with E-state index in [0.717, 1.165) is 0 Å². The Labute approximate surface area is 73.3 Å². The first-order valence-corrected chi connectivity index (χ1v) is 3.65. The van der Waals surface area contributed by atoms with E-state index in [1.807, 2.05) is 0 Å². The van der Waals surface area contributed by atoms with Gasteiger partial charge in [-0.2, -0.15) is 5.11 Å². The van der Waals surface area contributed by atoms with Crippen LogP contribution in [-0.2, 0) is 0 Å². The molecule has 0 aliphatic rings. The van der Waals surface area contributed by atoms with E-state index in [-0.39, 0.29) is 5.69 Å². The summed E-state index contributed by atoms with van der Waals surface area (Å²) in [6.07, 6.45) is 0. The van der Waals surface area contributed by atoms with Gasteiger partial charge in [0, 0.05) is 5.39 Å². The van der Waals surface area contributed by atoms with E-state index in [0.29, 0.717) is 15.6 Å². The molecule has 0 bridgehead atoms. The molecule has 13 heavy (non-hydrogen) atoms. The molecule has 0 fully saturated rings. The number of aromatic hydroxyl groups is 1. The van der Waals surface area contributed by atoms with Crippen LogP contribution in [0.5, 0.6) is 5.88 Å². The maximum atomic E-state index is 9.33. The Morgan fingerprint density at radius 2 is 2.00 bits per heavy atom. The van der Waals surface area contributed by atoms with Crippen molar-refractivity contribution in [1.29, 1.82) is 5.53 Å². The van der Waals surface area contributed by atoms with E-state index >= 15 is 0 Å². The van der Waals surface area contributed by atoms with Gasteiger partial charge in [-0.3, -0.25) is 0 Å². The smallest absolute Gasteiger partial charge is 0.254 e. The molecule has 66 valence electrons. The third-order valence-electron chi connectivity index (χ3n) is 1.91. The molecule has 0 aliphatic carbocycles. The molecule has 2 rings (SSSR count). The molecule has 0 amide bonds. The average Bonchev–Trinajstić information content (AvgIpc) is 2.41. The lowest BCUT2D eigenvalue weighted by atomic mass is 10.2. The number of rotatable bonds is 1. The highest BCUT2D eigenvalue weighted by Gasteiger charge is 2.14. The van der Waals surface area contributed by atoms with Crippen LogP contribution in [0.1, 0.15) is 0 Å². The normalized spacial score (nSPS) is 10.5. The second kappa shape index (κ2) is 2.48. The van der Waals surface area contributed by atoms with Crippen LogP contribution in [0.25, 0.3) is 10.9 Å². The third kappa shape index (κ3) is 0.868. The van der Waals surface area contributed by atoms with E-state index < -0.39 is 5.88 Å². The first-order valence-electron chi connectivity index (χ1n) is 3.65. The summed E-state index contributed by atoms with van der Waals surface area (Å²) in [5.74, 6) is -0.406. The summed E-state index contributed by atoms with van der Waals surface area (Å²) < 4.78 is 0.614. The molecule has 0 saturated heterocycles. The molecular formula is C8H7N3O2. The van der Waals surface area contributed by atoms with E-state index in [4.69, 9.17) is 5.53 Å². The van der Waals surface area contributed by atoms with Crippen molar-refractivity contribution in [2.75, 3.05) is 0 Å². The zero-order chi connectivity index (χ0) is 9.42. The fourth-order valence-corrected chi connectivity index (χ4v) is 1.30. The molecule has 1 aromatic heterocycles. The van der Waals surface area contributed by atoms with Gasteiger partial charge in [0.1, 0.15) is 0 Å². The second-order valence-electron chi connectivity index (χ2n) is 2.61. The topological polar surface area (TPSA) is 81.6 Å². The largest absolute Gasteiger partial charge is 0.491 e. The predicted molar refractivity (Wildman–Crippen MR) is 45.6 cm³/mol. The Balaban J connectivity index is 2.98. The summed E-state index contributed by atoms with van der Waals surface area (Å²) in [5, 5.41) is 22.3. The van der Waals surface area contributed by atoms with Crippen molar-refractivity contribution in [1.82, 2.24) is 4.73 Å². The number of para-hydroxylation sites is 1. The van der Waals surface area contributed by atoms with Crippen molar-refractivity contribution in [3.8, 4) is 5.88 Å². The molecule has 5 nitrogen and oxygen atoms in total. The van der Waals surface area contributed by atoms with Crippen molar-refractivity contribution in [3.05, 3.63) is 24.3 Å². The quantitative estimate of drug-likeness (QED) is 0.461. The minimum Gasteiger partial charge on any atom is -0.491 e. The maximum Gasteiger partial charge on any atom is 0.254 e. The van der Waals surface area contributed by atoms with Crippen molar-refractivity contribution in [2.45, 2.75) is 0 Å². The number of hydrogen-bond acceptors (Lipinski definition) is 4. The zero-order valence-corrected chi connectivity index (χ0v) is 6.60. The lowest BCUT2D eigenvalue weighted by Crippen LogP contribution is -1.86. The van der Waals surface area contributed by atoms with E-state index in [1.54, 1.807) is 24.3 Å². The van der Waals surface area contributed by atoms with Crippen LogP contribution < -0.4 is 0 Å². The van der Waals surface area contributed by atoms with Crippen LogP contribution in [0.3, 0.4) is 0 Å². The van der Waals surface area contributed by atoms with Gasteiger partial charge in [-0.15, -0.1) is 4.73 Å². The van der Waals surface area contributed by atoms with Crippen LogP contribution in [0.4, 0.5) is 5.69 Å². The van der Waals surface area contributed by atoms with Gasteiger partial charge in [-0.1, -0.05) is 18.2 Å². The van der Waals surface area contributed by atoms with Gasteiger partial charge >= 0.3 is 0 Å². The minimum atomic E-state index is -0.406. The fraction of sp³-hybridized carbons (Fsp3) is 0. The molecule has 0 atom stereocenters. The van der Waals surface area contributed by atoms with E-state index in [9.17, 15) is 10.3 Å². The highest BCUT2D eigenvalue weighted by atomic mass is 16.5. The molecule has 0 unspecified atom stereocenters. The van der Waals surface area contributed by atoms with E-state index in [2.05, 4.69) is 5.11 Å². The van der Waals surface area contributed by atoms with Crippen LogP contribution >= 0.6 is 0 Å². The van der Waals surface area contributed by atoms with Crippen molar-refractivity contribution in [2.24, 2.45) is 5.11 Å². The molecule has 3 N–H and O–H groups in total. The first-order chi connectivity index (χ1) is 6.25. The molecular weight excluding hydrogens is 170 g/mol. The Morgan fingerprint density at radius 3 is 2.69 bits per heavy atom. The van der Waals surface area contributed by atoms with Crippen LogP contribution in [0.2, 0.25) is 0 Å². The Hall–Kier alpha value is -2.04. The fourth-order valence-electron chi connectivity index (χ4n) is 1.30. The summed E-state index contributed by atoms with van der Waals surface area (Å²) >= 11 is 0. The summed E-state index contributed by atoms with van der Waals surface area (Å²) in [4.78, 5) is 0. The van der Waals surface area contributed by atoms with Gasteiger partial charge in [0.05, 0.1) is 5.52 Å². The summed E-state index contributed by atoms with van der Waals surface area (Å²) in [6, 6.07) is 6.78. The van der Waals surface area contributed by atoms with Gasteiger partial charge in [-0.05, 0) is 6.07 Å². The van der Waals surface area contributed by atoms with Crippen molar-refractivity contribution >= 4 is 16.6 Å². The predicted octanol–water partition coefficient (Wildman–Crippen LogP) is 2.25. The molecule has 1 aromatic carbocycles. The van der Waals surface area contributed by atoms with Crippen molar-refractivity contribution in [3.63, 3.8) is 0 Å². The summed E-state index contributed by atoms with van der Waals surface area (Å²) in [7, 11) is 0. The van der Waals surface area contributed by atoms with Crippen LogP contribution in [0.15, 0.2) is 29.4 Å². The van der Waals surface area contributed by atoms with Crippen LogP contribution in [0, 0.1) is 5.53 Å². The lowest BCUT2D eigenvalue weighted by Gasteiger charge is -1.93. The number of hydrogen-bond donors (Lipinski definition) is 3. The summed E-state index contributed by atoms with van der Waals surface area (Å²) in [6.45, 7) is 0. The molecule has 5 heteroatoms. The highest BCUT2D eigenvalue weighted by molar-refractivity contribution is 5.94. The highest BCUT2D eigenvalue weighted by Crippen LogP contribution is 2.36. The van der Waals surface area contributed by atoms with Gasteiger partial charge in [-0.25, -0.2) is 5.53 Å². The monoisotopic (exact) mass is 177 g/mol. The Morgan fingerprint density at radius 1 is 1.31 bits per heavy atom. The second-order valence-corrected chi connectivity index (χ2v) is 2.61. The van der Waals surface area contributed by atoms with Gasteiger partial charge < -0.3 is 10.3 Å². The number of benzene rings is 1. The molecule has 0 saturated carbocycles. The third-order valence-corrected chi connectivity index (χ3v) is 1.91. The lowest BCUT2D eigenvalue weighted by molar-refractivity contribution is 0.168. The molecule has 0 spiro atoms. The first kappa shape index (κ1) is 7.60. The molecule has 0 aliphatic heterocycles. The SMILES string of the molecule is N=Nc1c(O)n(O)c2ccccc12. The Kier molecular flexibility index (Phi) is 1.45. The molecule has 2 aromatic rings. The molecule has 1 heterocycles. The standard InChI is InChI=1S/C8H7N3O2/c9-10-7-5-3-1-2-4-6(5)11(13)8(7)12/h1-4,9,12-13H. The van der Waals surface area contributed by atoms with Gasteiger partial charge in [0.25, 0.3) is 5.88 Å². The van der Waals surface area contributed by atoms with Crippen LogP contribution in [-0.4, -0.2) is 15.0 Å². The summed E-state index contributed by atoms with van der Waals surface area (Å²) in [5.41, 5.74) is 7.34. The minimum absolute atomic E-state index is 0.0816. The maximum absolute atomic E-state index is 9.33. The number of aromatic nitrogens is 1. The van der Waals surface area contributed by atoms with Crippen molar-refractivity contribution < 1.29 is 10.3 Å². The van der Waals surface area contributed by atoms with E-state index in [1.165, 1.54) is 0 Å². The van der Waals surface area contributed by atoms with Gasteiger partial charge in [0.2, 0.25) is 0 Å². The number of nitrogens with zero attached hydrogens (tertiary/aromatic N) is 2. The Bertz CT molecular complexity index is 475. The zero-order valence-electron chi connectivity index (χ0n) is 6.60. The average molecular weight is 177 g/mol. The van der Waals surface area contributed by atoms with Gasteiger partial charge in [0.15, 0.2) is 5.69 Å². The number of fused-ring (bicyclic) bond motifs is 1. The number of nitrogens with one attached hydrogen (secondary N) is 1. The molecule has 0 radical (unpaired) electrons.